The van der Waals surface area contributed by atoms with Crippen LogP contribution in [0.25, 0.3) is 0 Å². The van der Waals surface area contributed by atoms with Gasteiger partial charge in [0.05, 0.1) is 4.90 Å². The Labute approximate surface area is 102 Å². The lowest BCUT2D eigenvalue weighted by atomic mass is 10.2. The minimum absolute atomic E-state index is 0.271. The number of anilines is 1. The molecule has 1 aromatic carbocycles. The molecule has 2 N–H and O–H groups in total. The lowest BCUT2D eigenvalue weighted by Gasteiger charge is -2.08. The van der Waals surface area contributed by atoms with E-state index >= 15 is 0 Å². The van der Waals surface area contributed by atoms with E-state index in [4.69, 9.17) is 0 Å². The Kier molecular flexibility index (Phi) is 3.22. The predicted octanol–water partition coefficient (Wildman–Crippen LogP) is 1.51. The van der Waals surface area contributed by atoms with Crippen molar-refractivity contribution < 1.29 is 8.42 Å². The summed E-state index contributed by atoms with van der Waals surface area (Å²) in [6.45, 7) is 6.60. The minimum Gasteiger partial charge on any atom is -0.384 e. The van der Waals surface area contributed by atoms with Crippen LogP contribution in [-0.4, -0.2) is 21.5 Å². The Morgan fingerprint density at radius 1 is 1.53 bits per heavy atom. The first-order valence-corrected chi connectivity index (χ1v) is 6.98. The molecular weight excluding hydrogens is 236 g/mol. The van der Waals surface area contributed by atoms with Gasteiger partial charge in [0.1, 0.15) is 0 Å². The maximum atomic E-state index is 12.0. The van der Waals surface area contributed by atoms with Gasteiger partial charge in [0.2, 0.25) is 10.0 Å². The van der Waals surface area contributed by atoms with Crippen molar-refractivity contribution in [2.45, 2.75) is 18.2 Å². The van der Waals surface area contributed by atoms with Crippen LogP contribution >= 0.6 is 0 Å². The van der Waals surface area contributed by atoms with E-state index in [0.29, 0.717) is 4.90 Å². The van der Waals surface area contributed by atoms with Gasteiger partial charge in [-0.3, -0.25) is 0 Å². The van der Waals surface area contributed by atoms with Gasteiger partial charge < -0.3 is 5.32 Å². The average molecular weight is 252 g/mol. The fourth-order valence-electron chi connectivity index (χ4n) is 1.74. The van der Waals surface area contributed by atoms with Gasteiger partial charge in [-0.15, -0.1) is 0 Å². The van der Waals surface area contributed by atoms with Crippen LogP contribution in [0, 0.1) is 0 Å². The van der Waals surface area contributed by atoms with E-state index < -0.39 is 10.0 Å². The fourth-order valence-corrected chi connectivity index (χ4v) is 2.86. The first-order valence-electron chi connectivity index (χ1n) is 5.50. The first kappa shape index (κ1) is 12.1. The molecule has 0 saturated heterocycles. The maximum absolute atomic E-state index is 12.0. The second kappa shape index (κ2) is 4.50. The van der Waals surface area contributed by atoms with E-state index in [1.165, 1.54) is 5.56 Å². The zero-order valence-corrected chi connectivity index (χ0v) is 10.6. The first-order chi connectivity index (χ1) is 7.99. The van der Waals surface area contributed by atoms with Crippen LogP contribution in [0.5, 0.6) is 0 Å². The minimum atomic E-state index is -3.43. The summed E-state index contributed by atoms with van der Waals surface area (Å²) in [5.74, 6) is 0. The Morgan fingerprint density at radius 3 is 3.00 bits per heavy atom. The second-order valence-corrected chi connectivity index (χ2v) is 6.04. The molecule has 1 aliphatic heterocycles. The smallest absolute Gasteiger partial charge is 0.240 e. The van der Waals surface area contributed by atoms with E-state index in [1.807, 2.05) is 6.07 Å². The van der Waals surface area contributed by atoms with Gasteiger partial charge in [0, 0.05) is 18.8 Å². The van der Waals surface area contributed by atoms with Crippen molar-refractivity contribution in [1.82, 2.24) is 4.72 Å². The molecule has 1 heterocycles. The number of nitrogens with one attached hydrogen (secondary N) is 2. The van der Waals surface area contributed by atoms with Gasteiger partial charge in [0.15, 0.2) is 0 Å². The van der Waals surface area contributed by atoms with Gasteiger partial charge in [-0.2, -0.15) is 0 Å². The maximum Gasteiger partial charge on any atom is 0.240 e. The van der Waals surface area contributed by atoms with Gasteiger partial charge in [-0.05, 0) is 31.0 Å². The summed E-state index contributed by atoms with van der Waals surface area (Å²) < 4.78 is 26.4. The Balaban J connectivity index is 2.24. The molecule has 0 bridgehead atoms. The Bertz CT molecular complexity index is 550. The van der Waals surface area contributed by atoms with Crippen molar-refractivity contribution in [3.63, 3.8) is 0 Å². The van der Waals surface area contributed by atoms with Crippen molar-refractivity contribution in [2.75, 3.05) is 18.4 Å². The molecule has 1 aromatic rings. The van der Waals surface area contributed by atoms with Gasteiger partial charge in [-0.1, -0.05) is 18.2 Å². The van der Waals surface area contributed by atoms with Crippen LogP contribution in [0.1, 0.15) is 12.5 Å². The third kappa shape index (κ3) is 2.68. The molecular formula is C12H16N2O2S. The van der Waals surface area contributed by atoms with Crippen LogP contribution in [0.3, 0.4) is 0 Å². The van der Waals surface area contributed by atoms with Crippen molar-refractivity contribution in [1.29, 1.82) is 0 Å². The summed E-state index contributed by atoms with van der Waals surface area (Å²) in [4.78, 5) is 0.298. The largest absolute Gasteiger partial charge is 0.384 e. The number of sulfonamides is 1. The lowest BCUT2D eigenvalue weighted by molar-refractivity contribution is 0.585. The fraction of sp³-hybridized carbons (Fsp3) is 0.333. The third-order valence-corrected chi connectivity index (χ3v) is 4.06. The topological polar surface area (TPSA) is 58.2 Å². The molecule has 5 heteroatoms. The van der Waals surface area contributed by atoms with Gasteiger partial charge >= 0.3 is 0 Å². The summed E-state index contributed by atoms with van der Waals surface area (Å²) in [5, 5.41) is 3.17. The van der Waals surface area contributed by atoms with Crippen LogP contribution in [0.2, 0.25) is 0 Å². The van der Waals surface area contributed by atoms with Crippen molar-refractivity contribution >= 4 is 15.7 Å². The number of benzene rings is 1. The highest BCUT2D eigenvalue weighted by atomic mass is 32.2. The molecule has 0 aliphatic carbocycles. The molecule has 2 rings (SSSR count). The quantitative estimate of drug-likeness (QED) is 0.799. The monoisotopic (exact) mass is 252 g/mol. The van der Waals surface area contributed by atoms with Crippen molar-refractivity contribution in [2.24, 2.45) is 0 Å². The zero-order valence-electron chi connectivity index (χ0n) is 9.79. The molecule has 1 aliphatic rings. The van der Waals surface area contributed by atoms with Crippen molar-refractivity contribution in [3.8, 4) is 0 Å². The second-order valence-electron chi connectivity index (χ2n) is 4.28. The summed E-state index contributed by atoms with van der Waals surface area (Å²) >= 11 is 0. The van der Waals surface area contributed by atoms with E-state index in [0.717, 1.165) is 24.2 Å². The summed E-state index contributed by atoms with van der Waals surface area (Å²) in [7, 11) is -3.43. The molecule has 0 saturated carbocycles. The normalized spacial score (nSPS) is 14.2. The molecule has 0 unspecified atom stereocenters. The molecule has 0 spiro atoms. The number of fused-ring (bicyclic) bond motifs is 1. The molecule has 0 atom stereocenters. The predicted molar refractivity (Wildman–Crippen MR) is 68.6 cm³/mol. The van der Waals surface area contributed by atoms with E-state index in [1.54, 1.807) is 19.1 Å². The number of hydrogen-bond donors (Lipinski definition) is 2. The van der Waals surface area contributed by atoms with Crippen molar-refractivity contribution in [3.05, 3.63) is 35.9 Å². The third-order valence-electron chi connectivity index (χ3n) is 2.67. The van der Waals surface area contributed by atoms with Crippen LogP contribution in [0.4, 0.5) is 5.69 Å². The highest BCUT2D eigenvalue weighted by Crippen LogP contribution is 2.25. The SMILES string of the molecule is C=C(C)CNS(=O)(=O)c1ccc2c(c1)NCC2. The number of hydrogen-bond acceptors (Lipinski definition) is 3. The zero-order chi connectivity index (χ0) is 12.5. The summed E-state index contributed by atoms with van der Waals surface area (Å²) in [5.41, 5.74) is 2.87. The molecule has 0 aromatic heterocycles. The lowest BCUT2D eigenvalue weighted by Crippen LogP contribution is -2.25. The molecule has 0 fully saturated rings. The van der Waals surface area contributed by atoms with Gasteiger partial charge in [-0.25, -0.2) is 13.1 Å². The average Bonchev–Trinajstić information content (AvgIpc) is 2.73. The molecule has 92 valence electrons. The highest BCUT2D eigenvalue weighted by Gasteiger charge is 2.17. The number of rotatable bonds is 4. The molecule has 17 heavy (non-hydrogen) atoms. The summed E-state index contributed by atoms with van der Waals surface area (Å²) in [6.07, 6.45) is 0.953. The Hall–Kier alpha value is -1.33. The van der Waals surface area contributed by atoms with Crippen LogP contribution in [0.15, 0.2) is 35.2 Å². The highest BCUT2D eigenvalue weighted by molar-refractivity contribution is 7.89. The van der Waals surface area contributed by atoms with Gasteiger partial charge in [0.25, 0.3) is 0 Å². The Morgan fingerprint density at radius 2 is 2.29 bits per heavy atom. The van der Waals surface area contributed by atoms with Crippen LogP contribution in [-0.2, 0) is 16.4 Å². The standard InChI is InChI=1S/C12H16N2O2S/c1-9(2)8-14-17(15,16)11-4-3-10-5-6-13-12(10)7-11/h3-4,7,13-14H,1,5-6,8H2,2H3. The molecule has 0 amide bonds. The summed E-state index contributed by atoms with van der Waals surface area (Å²) in [6, 6.07) is 5.19. The van der Waals surface area contributed by atoms with E-state index in [9.17, 15) is 8.42 Å². The van der Waals surface area contributed by atoms with E-state index in [2.05, 4.69) is 16.6 Å². The van der Waals surface area contributed by atoms with E-state index in [-0.39, 0.29) is 6.54 Å². The molecule has 4 nitrogen and oxygen atoms in total. The molecule has 0 radical (unpaired) electrons. The van der Waals surface area contributed by atoms with Crippen LogP contribution < -0.4 is 10.0 Å².